The van der Waals surface area contributed by atoms with Crippen LogP contribution in [-0.4, -0.2) is 25.6 Å². The fraction of sp³-hybridized carbons (Fsp3) is 0.214. The van der Waals surface area contributed by atoms with Gasteiger partial charge in [-0.15, -0.1) is 0 Å². The molecule has 36 heavy (non-hydrogen) atoms. The molecule has 8 heteroatoms. The molecule has 4 heterocycles. The molecule has 3 aromatic heterocycles. The first-order valence-electron chi connectivity index (χ1n) is 12.0. The Balaban J connectivity index is 1.56. The largest absolute Gasteiger partial charge is 0.351 e. The van der Waals surface area contributed by atoms with Crippen LogP contribution < -0.4 is 15.5 Å². The Morgan fingerprint density at radius 1 is 1.06 bits per heavy atom. The summed E-state index contributed by atoms with van der Waals surface area (Å²) >= 11 is 5.88. The first-order chi connectivity index (χ1) is 17.5. The Morgan fingerprint density at radius 2 is 1.86 bits per heavy atom. The van der Waals surface area contributed by atoms with E-state index in [1.807, 2.05) is 74.8 Å². The van der Waals surface area contributed by atoms with Crippen LogP contribution in [0.1, 0.15) is 48.1 Å². The molecule has 0 spiro atoms. The van der Waals surface area contributed by atoms with Gasteiger partial charge in [0.2, 0.25) is 5.91 Å². The predicted molar refractivity (Wildman–Crippen MR) is 146 cm³/mol. The highest BCUT2D eigenvalue weighted by Gasteiger charge is 2.42. The molecule has 2 atom stereocenters. The lowest BCUT2D eigenvalue weighted by molar-refractivity contribution is -0.115. The maximum atomic E-state index is 12.0. The Labute approximate surface area is 216 Å². The SMILES string of the molecule is CCC(=O)Nc1ccc(N2C(=S)N[C@@H](c3ccccn3)[C@H]2c2cccn2Cc2ccccn2)cc1C. The molecule has 1 saturated heterocycles. The summed E-state index contributed by atoms with van der Waals surface area (Å²) in [6.45, 7) is 4.49. The number of aromatic nitrogens is 3. The Bertz CT molecular complexity index is 1370. The highest BCUT2D eigenvalue weighted by Crippen LogP contribution is 2.42. The molecule has 182 valence electrons. The molecule has 0 aliphatic carbocycles. The van der Waals surface area contributed by atoms with Crippen LogP contribution in [0.25, 0.3) is 0 Å². The zero-order valence-electron chi connectivity index (χ0n) is 20.3. The lowest BCUT2D eigenvalue weighted by Crippen LogP contribution is -2.30. The number of carbonyl (C=O) groups is 1. The molecular formula is C28H28N6OS. The molecule has 1 aliphatic rings. The molecule has 1 aromatic carbocycles. The molecular weight excluding hydrogens is 468 g/mol. The van der Waals surface area contributed by atoms with Gasteiger partial charge >= 0.3 is 0 Å². The summed E-state index contributed by atoms with van der Waals surface area (Å²) in [4.78, 5) is 23.3. The van der Waals surface area contributed by atoms with E-state index < -0.39 is 0 Å². The second kappa shape index (κ2) is 10.3. The van der Waals surface area contributed by atoms with Crippen molar-refractivity contribution in [1.82, 2.24) is 19.9 Å². The third kappa shape index (κ3) is 4.72. The normalized spacial score (nSPS) is 17.2. The van der Waals surface area contributed by atoms with Gasteiger partial charge in [-0.25, -0.2) is 0 Å². The van der Waals surface area contributed by atoms with Crippen molar-refractivity contribution < 1.29 is 4.79 Å². The molecule has 1 fully saturated rings. The number of pyridine rings is 2. The number of anilines is 2. The van der Waals surface area contributed by atoms with E-state index in [0.29, 0.717) is 18.1 Å². The van der Waals surface area contributed by atoms with E-state index in [1.54, 1.807) is 0 Å². The van der Waals surface area contributed by atoms with E-state index in [2.05, 4.69) is 54.5 Å². The summed E-state index contributed by atoms with van der Waals surface area (Å²) in [5.41, 5.74) is 5.73. The van der Waals surface area contributed by atoms with Gasteiger partial charge in [-0.3, -0.25) is 14.8 Å². The summed E-state index contributed by atoms with van der Waals surface area (Å²) in [5, 5.41) is 7.12. The highest BCUT2D eigenvalue weighted by molar-refractivity contribution is 7.80. The number of nitrogens with zero attached hydrogens (tertiary/aromatic N) is 4. The van der Waals surface area contributed by atoms with Gasteiger partial charge in [0, 0.05) is 42.1 Å². The van der Waals surface area contributed by atoms with Crippen molar-refractivity contribution in [2.45, 2.75) is 38.9 Å². The van der Waals surface area contributed by atoms with Gasteiger partial charge in [-0.2, -0.15) is 0 Å². The summed E-state index contributed by atoms with van der Waals surface area (Å²) in [6.07, 6.45) is 6.13. The maximum Gasteiger partial charge on any atom is 0.224 e. The Kier molecular flexibility index (Phi) is 6.77. The lowest BCUT2D eigenvalue weighted by atomic mass is 10.0. The fourth-order valence-corrected chi connectivity index (χ4v) is 4.96. The zero-order chi connectivity index (χ0) is 25.1. The van der Waals surface area contributed by atoms with Gasteiger partial charge in [0.25, 0.3) is 0 Å². The lowest BCUT2D eigenvalue weighted by Gasteiger charge is -2.29. The number of thiocarbonyl (C=S) groups is 1. The molecule has 0 radical (unpaired) electrons. The number of rotatable bonds is 7. The number of carbonyl (C=O) groups excluding carboxylic acids is 1. The standard InChI is InChI=1S/C28H28N6OS/c1-3-25(35)31-22-13-12-21(17-19(22)2)34-27(26(32-28(34)36)23-10-5-7-15-30-23)24-11-8-16-33(24)18-20-9-4-6-14-29-20/h4-17,26-27H,3,18H2,1-2H3,(H,31,35)(H,32,36)/t26-,27+/m0/s1. The fourth-order valence-electron chi connectivity index (χ4n) is 4.62. The average Bonchev–Trinajstić information content (AvgIpc) is 3.49. The molecule has 4 aromatic rings. The van der Waals surface area contributed by atoms with E-state index >= 15 is 0 Å². The van der Waals surface area contributed by atoms with Gasteiger partial charge < -0.3 is 20.1 Å². The smallest absolute Gasteiger partial charge is 0.224 e. The maximum absolute atomic E-state index is 12.0. The molecule has 0 unspecified atom stereocenters. The molecule has 5 rings (SSSR count). The molecule has 1 aliphatic heterocycles. The molecule has 2 N–H and O–H groups in total. The van der Waals surface area contributed by atoms with E-state index in [1.165, 1.54) is 0 Å². The average molecular weight is 497 g/mol. The van der Waals surface area contributed by atoms with Gasteiger partial charge in [0.15, 0.2) is 5.11 Å². The van der Waals surface area contributed by atoms with E-state index in [-0.39, 0.29) is 18.0 Å². The quantitative estimate of drug-likeness (QED) is 0.344. The third-order valence-electron chi connectivity index (χ3n) is 6.41. The third-order valence-corrected chi connectivity index (χ3v) is 6.72. The van der Waals surface area contributed by atoms with Crippen LogP contribution in [0.3, 0.4) is 0 Å². The number of hydrogen-bond donors (Lipinski definition) is 2. The summed E-state index contributed by atoms with van der Waals surface area (Å²) < 4.78 is 2.22. The van der Waals surface area contributed by atoms with Gasteiger partial charge in [-0.1, -0.05) is 19.1 Å². The summed E-state index contributed by atoms with van der Waals surface area (Å²) in [5.74, 6) is -0.00958. The van der Waals surface area contributed by atoms with Gasteiger partial charge in [-0.05, 0) is 79.3 Å². The summed E-state index contributed by atoms with van der Waals surface area (Å²) in [6, 6.07) is 21.8. The monoisotopic (exact) mass is 496 g/mol. The zero-order valence-corrected chi connectivity index (χ0v) is 21.1. The molecule has 7 nitrogen and oxygen atoms in total. The number of hydrogen-bond acceptors (Lipinski definition) is 4. The number of aryl methyl sites for hydroxylation is 1. The first kappa shape index (κ1) is 23.7. The van der Waals surface area contributed by atoms with Crippen LogP contribution in [0.4, 0.5) is 11.4 Å². The van der Waals surface area contributed by atoms with Crippen LogP contribution in [0, 0.1) is 6.92 Å². The van der Waals surface area contributed by atoms with Crippen LogP contribution in [0.15, 0.2) is 85.3 Å². The number of benzene rings is 1. The Morgan fingerprint density at radius 3 is 2.56 bits per heavy atom. The van der Waals surface area contributed by atoms with Crippen molar-refractivity contribution in [1.29, 1.82) is 0 Å². The Hall–Kier alpha value is -4.04. The predicted octanol–water partition coefficient (Wildman–Crippen LogP) is 5.16. The van der Waals surface area contributed by atoms with Crippen molar-refractivity contribution in [3.8, 4) is 0 Å². The van der Waals surface area contributed by atoms with E-state index in [9.17, 15) is 4.79 Å². The number of nitrogens with one attached hydrogen (secondary N) is 2. The minimum Gasteiger partial charge on any atom is -0.351 e. The van der Waals surface area contributed by atoms with Crippen LogP contribution in [0.2, 0.25) is 0 Å². The summed E-state index contributed by atoms with van der Waals surface area (Å²) in [7, 11) is 0. The van der Waals surface area contributed by atoms with E-state index in [0.717, 1.165) is 34.0 Å². The minimum atomic E-state index is -0.143. The topological polar surface area (TPSA) is 75.1 Å². The molecule has 1 amide bonds. The molecule has 0 bridgehead atoms. The number of amides is 1. The second-order valence-electron chi connectivity index (χ2n) is 8.78. The van der Waals surface area contributed by atoms with Gasteiger partial charge in [0.05, 0.1) is 24.0 Å². The van der Waals surface area contributed by atoms with Crippen LogP contribution >= 0.6 is 12.2 Å². The highest BCUT2D eigenvalue weighted by atomic mass is 32.1. The van der Waals surface area contributed by atoms with Crippen molar-refractivity contribution in [2.75, 3.05) is 10.2 Å². The van der Waals surface area contributed by atoms with Crippen molar-refractivity contribution in [2.24, 2.45) is 0 Å². The minimum absolute atomic E-state index is 0.00958. The van der Waals surface area contributed by atoms with Gasteiger partial charge in [0.1, 0.15) is 6.04 Å². The van der Waals surface area contributed by atoms with Crippen LogP contribution in [-0.2, 0) is 11.3 Å². The second-order valence-corrected chi connectivity index (χ2v) is 9.17. The van der Waals surface area contributed by atoms with Crippen LogP contribution in [0.5, 0.6) is 0 Å². The van der Waals surface area contributed by atoms with Crippen molar-refractivity contribution in [3.63, 3.8) is 0 Å². The molecule has 0 saturated carbocycles. The van der Waals surface area contributed by atoms with E-state index in [4.69, 9.17) is 12.2 Å². The van der Waals surface area contributed by atoms with Crippen molar-refractivity contribution in [3.05, 3.63) is 108 Å². The first-order valence-corrected chi connectivity index (χ1v) is 12.4. The van der Waals surface area contributed by atoms with Crippen molar-refractivity contribution >= 4 is 34.6 Å².